The van der Waals surface area contributed by atoms with Crippen molar-refractivity contribution in [1.82, 2.24) is 4.90 Å². The first-order valence-corrected chi connectivity index (χ1v) is 6.88. The van der Waals surface area contributed by atoms with Crippen LogP contribution in [0.5, 0.6) is 0 Å². The molecule has 1 aliphatic heterocycles. The Labute approximate surface area is 153 Å². The van der Waals surface area contributed by atoms with E-state index in [0.717, 1.165) is 0 Å². The van der Waals surface area contributed by atoms with Gasteiger partial charge in [0.1, 0.15) is 13.2 Å². The number of rotatable bonds is 7. The largest absolute Gasteiger partial charge is 0.425 e. The minimum absolute atomic E-state index is 2.94. The Morgan fingerprint density at radius 3 is 1.30 bits per heavy atom. The fraction of sp³-hybridized carbons (Fsp3) is 1.00. The van der Waals surface area contributed by atoms with Crippen LogP contribution >= 0.6 is 0 Å². The van der Waals surface area contributed by atoms with Crippen molar-refractivity contribution in [1.29, 1.82) is 0 Å². The summed E-state index contributed by atoms with van der Waals surface area (Å²) >= 11 is 0. The molecular formula is C11H6F17NO. The van der Waals surface area contributed by atoms with Gasteiger partial charge < -0.3 is 4.74 Å². The molecule has 1 rings (SSSR count). The van der Waals surface area contributed by atoms with E-state index in [9.17, 15) is 74.6 Å². The lowest BCUT2D eigenvalue weighted by atomic mass is 10.2. The molecule has 0 amide bonds. The van der Waals surface area contributed by atoms with E-state index >= 15 is 0 Å². The Morgan fingerprint density at radius 2 is 0.967 bits per heavy atom. The van der Waals surface area contributed by atoms with E-state index in [0.29, 0.717) is 0 Å². The zero-order valence-corrected chi connectivity index (χ0v) is 13.3. The lowest BCUT2D eigenvalue weighted by Gasteiger charge is -2.34. The second kappa shape index (κ2) is 7.13. The molecule has 1 aliphatic rings. The first-order valence-electron chi connectivity index (χ1n) is 6.88. The minimum atomic E-state index is -7.09. The lowest BCUT2D eigenvalue weighted by Crippen LogP contribution is -2.60. The van der Waals surface area contributed by atoms with Crippen molar-refractivity contribution < 1.29 is 79.4 Å². The summed E-state index contributed by atoms with van der Waals surface area (Å²) in [4.78, 5) is -3.21. The Bertz CT molecular complexity index is 602. The van der Waals surface area contributed by atoms with E-state index in [-0.39, 0.29) is 0 Å². The van der Waals surface area contributed by atoms with Gasteiger partial charge in [-0.3, -0.25) is 0 Å². The van der Waals surface area contributed by atoms with Gasteiger partial charge in [-0.05, 0) is 0 Å². The summed E-state index contributed by atoms with van der Waals surface area (Å²) in [6, 6.07) is -13.9. The summed E-state index contributed by atoms with van der Waals surface area (Å²) in [5.74, 6) is -25.8. The van der Waals surface area contributed by atoms with E-state index < -0.39 is 72.5 Å². The van der Waals surface area contributed by atoms with Crippen LogP contribution in [0.1, 0.15) is 0 Å². The Balaban J connectivity index is 3.06. The average Bonchev–Trinajstić information content (AvgIpc) is 2.57. The highest BCUT2D eigenvalue weighted by Gasteiger charge is 2.94. The van der Waals surface area contributed by atoms with Gasteiger partial charge in [-0.1, -0.05) is 0 Å². The highest BCUT2D eigenvalue weighted by molar-refractivity contribution is 5.13. The van der Waals surface area contributed by atoms with Crippen molar-refractivity contribution in [3.63, 3.8) is 0 Å². The molecule has 1 saturated heterocycles. The number of halogens is 17. The third kappa shape index (κ3) is 3.86. The van der Waals surface area contributed by atoms with Crippen LogP contribution in [0.15, 0.2) is 0 Å². The van der Waals surface area contributed by atoms with Crippen molar-refractivity contribution in [3.8, 4) is 0 Å². The molecule has 0 radical (unpaired) electrons. The van der Waals surface area contributed by atoms with Crippen LogP contribution in [0.25, 0.3) is 0 Å². The molecule has 19 heteroatoms. The molecule has 2 unspecified atom stereocenters. The normalized spacial score (nSPS) is 25.9. The van der Waals surface area contributed by atoms with Gasteiger partial charge in [0, 0.05) is 0 Å². The molecule has 180 valence electrons. The number of likely N-dealkylation sites (tertiary alicyclic amines) is 1. The second-order valence-electron chi connectivity index (χ2n) is 5.86. The summed E-state index contributed by atoms with van der Waals surface area (Å²) in [5, 5.41) is 0. The third-order valence-corrected chi connectivity index (χ3v) is 3.58. The first kappa shape index (κ1) is 26.8. The van der Waals surface area contributed by atoms with Gasteiger partial charge in [-0.25, -0.2) is 17.6 Å². The van der Waals surface area contributed by atoms with Crippen molar-refractivity contribution in [3.05, 3.63) is 0 Å². The molecule has 2 nitrogen and oxygen atoms in total. The smallest absolute Gasteiger partial charge is 0.369 e. The van der Waals surface area contributed by atoms with Gasteiger partial charge >= 0.3 is 42.0 Å². The molecule has 2 atom stereocenters. The summed E-state index contributed by atoms with van der Waals surface area (Å²) in [6.45, 7) is -6.02. The van der Waals surface area contributed by atoms with Crippen LogP contribution in [-0.2, 0) is 4.74 Å². The Hall–Kier alpha value is -1.27. The van der Waals surface area contributed by atoms with Crippen LogP contribution in [0, 0.1) is 0 Å². The number of alkyl halides is 17. The fourth-order valence-corrected chi connectivity index (χ4v) is 2.03. The number of ether oxygens (including phenoxy) is 1. The molecule has 30 heavy (non-hydrogen) atoms. The maximum Gasteiger partial charge on any atom is 0.425 e. The highest BCUT2D eigenvalue weighted by atomic mass is 19.4. The van der Waals surface area contributed by atoms with Gasteiger partial charge in [0.05, 0.1) is 0 Å². The van der Waals surface area contributed by atoms with Crippen LogP contribution in [0.2, 0.25) is 0 Å². The van der Waals surface area contributed by atoms with Crippen LogP contribution in [-0.4, -0.2) is 72.5 Å². The van der Waals surface area contributed by atoms with Crippen molar-refractivity contribution in [2.75, 3.05) is 13.2 Å². The van der Waals surface area contributed by atoms with E-state index in [2.05, 4.69) is 4.74 Å². The van der Waals surface area contributed by atoms with E-state index in [1.807, 2.05) is 0 Å². The maximum absolute atomic E-state index is 13.6. The predicted octanol–water partition coefficient (Wildman–Crippen LogP) is 5.24. The number of nitrogens with zero attached hydrogens (tertiary/aromatic N) is 1. The molecule has 0 aliphatic carbocycles. The number of hydrogen-bond donors (Lipinski definition) is 0. The highest BCUT2D eigenvalue weighted by Crippen LogP contribution is 2.64. The molecule has 1 fully saturated rings. The van der Waals surface area contributed by atoms with Crippen LogP contribution in [0.4, 0.5) is 74.6 Å². The van der Waals surface area contributed by atoms with Crippen molar-refractivity contribution >= 4 is 0 Å². The fourth-order valence-electron chi connectivity index (χ4n) is 2.03. The molecular weight excluding hydrogens is 485 g/mol. The topological polar surface area (TPSA) is 12.5 Å². The molecule has 0 aromatic carbocycles. The van der Waals surface area contributed by atoms with E-state index in [4.69, 9.17) is 0 Å². The SMILES string of the molecule is FC(N1C(F)(F)C(F)(F)C(F)(F)C1(F)F)C(F)(F)COCC(F)(F)C(F)C(F)(F)F. The molecule has 1 heterocycles. The summed E-state index contributed by atoms with van der Waals surface area (Å²) in [6.07, 6.45) is -16.7. The molecule has 0 saturated carbocycles. The molecule has 0 N–H and O–H groups in total. The lowest BCUT2D eigenvalue weighted by molar-refractivity contribution is -0.336. The van der Waals surface area contributed by atoms with Gasteiger partial charge in [0.25, 0.3) is 6.17 Å². The van der Waals surface area contributed by atoms with Gasteiger partial charge in [-0.15, -0.1) is 4.90 Å². The predicted molar refractivity (Wildman–Crippen MR) is 58.2 cm³/mol. The molecule has 0 bridgehead atoms. The molecule has 0 aromatic rings. The third-order valence-electron chi connectivity index (χ3n) is 3.58. The van der Waals surface area contributed by atoms with Gasteiger partial charge in [-0.2, -0.15) is 57.1 Å². The van der Waals surface area contributed by atoms with Crippen molar-refractivity contribution in [2.45, 2.75) is 54.4 Å². The molecule has 0 aromatic heterocycles. The monoisotopic (exact) mass is 491 g/mol. The minimum Gasteiger partial charge on any atom is -0.369 e. The Morgan fingerprint density at radius 1 is 0.633 bits per heavy atom. The Kier molecular flexibility index (Phi) is 6.36. The first-order chi connectivity index (χ1) is 12.9. The van der Waals surface area contributed by atoms with Crippen molar-refractivity contribution in [2.24, 2.45) is 0 Å². The van der Waals surface area contributed by atoms with Crippen LogP contribution < -0.4 is 0 Å². The zero-order valence-electron chi connectivity index (χ0n) is 13.3. The maximum atomic E-state index is 13.6. The molecule has 0 spiro atoms. The quantitative estimate of drug-likeness (QED) is 0.357. The average molecular weight is 491 g/mol. The summed E-state index contributed by atoms with van der Waals surface area (Å²) < 4.78 is 222. The standard InChI is InChI=1S/C11H6F17NO/c12-3(7(18,19)20)5(14,15)1-30-2-6(16,17)4(13)29-10(25,26)8(21,22)9(23,24)11(29,27)28/h3-4H,1-2H2. The van der Waals surface area contributed by atoms with Gasteiger partial charge in [0.2, 0.25) is 6.30 Å². The van der Waals surface area contributed by atoms with Gasteiger partial charge in [0.15, 0.2) is 0 Å². The van der Waals surface area contributed by atoms with E-state index in [1.165, 1.54) is 0 Å². The summed E-state index contributed by atoms with van der Waals surface area (Å²) in [7, 11) is 0. The summed E-state index contributed by atoms with van der Waals surface area (Å²) in [5.41, 5.74) is 0. The zero-order chi connectivity index (χ0) is 24.4. The number of hydrogen-bond acceptors (Lipinski definition) is 2. The van der Waals surface area contributed by atoms with E-state index in [1.54, 1.807) is 0 Å². The second-order valence-corrected chi connectivity index (χ2v) is 5.86. The van der Waals surface area contributed by atoms with Crippen LogP contribution in [0.3, 0.4) is 0 Å².